The summed E-state index contributed by atoms with van der Waals surface area (Å²) in [6.07, 6.45) is 0.577. The van der Waals surface area contributed by atoms with E-state index < -0.39 is 0 Å². The minimum atomic E-state index is -0.202. The first-order valence-electron chi connectivity index (χ1n) is 5.91. The maximum absolute atomic E-state index is 6.16. The highest BCUT2D eigenvalue weighted by atomic mass is 35.5. The summed E-state index contributed by atoms with van der Waals surface area (Å²) in [5, 5.41) is 9.19. The van der Waals surface area contributed by atoms with Crippen molar-refractivity contribution >= 4 is 23.2 Å². The van der Waals surface area contributed by atoms with Crippen LogP contribution in [0.1, 0.15) is 17.3 Å². The Hall–Kier alpha value is -1.40. The lowest BCUT2D eigenvalue weighted by Gasteiger charge is -2.16. The van der Waals surface area contributed by atoms with Crippen molar-refractivity contribution in [3.8, 4) is 5.88 Å². The molecule has 0 aliphatic carbocycles. The molecule has 5 nitrogen and oxygen atoms in total. The monoisotopic (exact) mass is 312 g/mol. The predicted molar refractivity (Wildman–Crippen MR) is 78.8 cm³/mol. The van der Waals surface area contributed by atoms with E-state index in [9.17, 15) is 0 Å². The van der Waals surface area contributed by atoms with E-state index in [1.807, 2.05) is 6.07 Å². The smallest absolute Gasteiger partial charge is 0.233 e. The van der Waals surface area contributed by atoms with Crippen LogP contribution in [0.2, 0.25) is 10.0 Å². The number of ether oxygens (including phenoxy) is 1. The van der Waals surface area contributed by atoms with Gasteiger partial charge in [0.2, 0.25) is 5.88 Å². The largest absolute Gasteiger partial charge is 0.480 e. The second-order valence-corrected chi connectivity index (χ2v) is 5.00. The zero-order valence-electron chi connectivity index (χ0n) is 10.8. The van der Waals surface area contributed by atoms with Crippen molar-refractivity contribution in [3.05, 3.63) is 51.6 Å². The SMILES string of the molecule is COc1ccc(C(Cc2ccc(Cl)cc2Cl)NN)nn1. The van der Waals surface area contributed by atoms with Crippen molar-refractivity contribution in [2.75, 3.05) is 7.11 Å². The molecular weight excluding hydrogens is 299 g/mol. The average Bonchev–Trinajstić information content (AvgIpc) is 2.47. The molecular formula is C13H14Cl2N4O. The highest BCUT2D eigenvalue weighted by Gasteiger charge is 2.15. The summed E-state index contributed by atoms with van der Waals surface area (Å²) in [6.45, 7) is 0. The van der Waals surface area contributed by atoms with Crippen molar-refractivity contribution in [2.24, 2.45) is 5.84 Å². The summed E-state index contributed by atoms with van der Waals surface area (Å²) in [6, 6.07) is 8.69. The minimum absolute atomic E-state index is 0.202. The van der Waals surface area contributed by atoms with E-state index in [1.54, 1.807) is 24.3 Å². The number of hydrazine groups is 1. The number of methoxy groups -OCH3 is 1. The van der Waals surface area contributed by atoms with E-state index in [4.69, 9.17) is 33.8 Å². The third kappa shape index (κ3) is 3.58. The van der Waals surface area contributed by atoms with Gasteiger partial charge in [0, 0.05) is 16.1 Å². The normalized spacial score (nSPS) is 12.2. The number of halogens is 2. The van der Waals surface area contributed by atoms with E-state index >= 15 is 0 Å². The van der Waals surface area contributed by atoms with Gasteiger partial charge in [-0.25, -0.2) is 0 Å². The van der Waals surface area contributed by atoms with Gasteiger partial charge in [0.25, 0.3) is 0 Å². The second-order valence-electron chi connectivity index (χ2n) is 4.16. The van der Waals surface area contributed by atoms with Crippen molar-refractivity contribution < 1.29 is 4.74 Å². The fourth-order valence-corrected chi connectivity index (χ4v) is 2.27. The molecule has 1 aromatic carbocycles. The number of hydrogen-bond acceptors (Lipinski definition) is 5. The molecule has 0 spiro atoms. The van der Waals surface area contributed by atoms with Crippen LogP contribution in [0.25, 0.3) is 0 Å². The number of nitrogens with two attached hydrogens (primary N) is 1. The van der Waals surface area contributed by atoms with Gasteiger partial charge in [0.05, 0.1) is 18.8 Å². The van der Waals surface area contributed by atoms with Gasteiger partial charge in [-0.15, -0.1) is 5.10 Å². The zero-order chi connectivity index (χ0) is 14.5. The molecule has 1 heterocycles. The van der Waals surface area contributed by atoms with Crippen LogP contribution in [-0.2, 0) is 6.42 Å². The number of nitrogens with one attached hydrogen (secondary N) is 1. The molecule has 0 amide bonds. The molecule has 0 aliphatic heterocycles. The van der Waals surface area contributed by atoms with Gasteiger partial charge in [-0.2, -0.15) is 5.10 Å². The highest BCUT2D eigenvalue weighted by molar-refractivity contribution is 6.35. The van der Waals surface area contributed by atoms with Crippen LogP contribution >= 0.6 is 23.2 Å². The fraction of sp³-hybridized carbons (Fsp3) is 0.231. The number of hydrogen-bond donors (Lipinski definition) is 2. The highest BCUT2D eigenvalue weighted by Crippen LogP contribution is 2.25. The zero-order valence-corrected chi connectivity index (χ0v) is 12.3. The first-order chi connectivity index (χ1) is 9.63. The quantitative estimate of drug-likeness (QED) is 0.655. The Morgan fingerprint density at radius 1 is 1.25 bits per heavy atom. The molecule has 1 atom stereocenters. The molecule has 0 radical (unpaired) electrons. The molecule has 0 saturated carbocycles. The molecule has 106 valence electrons. The van der Waals surface area contributed by atoms with Crippen molar-refractivity contribution in [3.63, 3.8) is 0 Å². The molecule has 0 fully saturated rings. The van der Waals surface area contributed by atoms with Crippen LogP contribution in [-0.4, -0.2) is 17.3 Å². The maximum atomic E-state index is 6.16. The van der Waals surface area contributed by atoms with E-state index in [0.717, 1.165) is 5.56 Å². The molecule has 1 aromatic heterocycles. The Kier molecular flexibility index (Phi) is 5.14. The molecule has 3 N–H and O–H groups in total. The Bertz CT molecular complexity index is 577. The molecule has 20 heavy (non-hydrogen) atoms. The van der Waals surface area contributed by atoms with E-state index in [2.05, 4.69) is 15.6 Å². The summed E-state index contributed by atoms with van der Waals surface area (Å²) >= 11 is 12.0. The Balaban J connectivity index is 2.19. The molecule has 0 aliphatic rings. The van der Waals surface area contributed by atoms with Gasteiger partial charge in [0.15, 0.2) is 0 Å². The van der Waals surface area contributed by atoms with Crippen LogP contribution in [0.3, 0.4) is 0 Å². The van der Waals surface area contributed by atoms with Gasteiger partial charge in [-0.1, -0.05) is 29.3 Å². The Morgan fingerprint density at radius 3 is 2.60 bits per heavy atom. The van der Waals surface area contributed by atoms with Gasteiger partial charge in [-0.3, -0.25) is 11.3 Å². The summed E-state index contributed by atoms with van der Waals surface area (Å²) in [5.41, 5.74) is 4.35. The predicted octanol–water partition coefficient (Wildman–Crippen LogP) is 2.54. The summed E-state index contributed by atoms with van der Waals surface area (Å²) in [5.74, 6) is 6.04. The van der Waals surface area contributed by atoms with Crippen LogP contribution in [0.4, 0.5) is 0 Å². The van der Waals surface area contributed by atoms with Crippen LogP contribution < -0.4 is 16.0 Å². The number of benzene rings is 1. The first-order valence-corrected chi connectivity index (χ1v) is 6.67. The van der Waals surface area contributed by atoms with Crippen LogP contribution in [0, 0.1) is 0 Å². The number of aromatic nitrogens is 2. The summed E-state index contributed by atoms with van der Waals surface area (Å²) in [7, 11) is 1.54. The molecule has 0 saturated heterocycles. The Morgan fingerprint density at radius 2 is 2.05 bits per heavy atom. The average molecular weight is 313 g/mol. The first kappa shape index (κ1) is 15.0. The Labute approximate surface area is 127 Å². The number of rotatable bonds is 5. The summed E-state index contributed by atoms with van der Waals surface area (Å²) < 4.78 is 4.97. The van der Waals surface area contributed by atoms with Gasteiger partial charge in [0.1, 0.15) is 0 Å². The van der Waals surface area contributed by atoms with Gasteiger partial charge < -0.3 is 4.74 Å². The van der Waals surface area contributed by atoms with E-state index in [-0.39, 0.29) is 6.04 Å². The lowest BCUT2D eigenvalue weighted by Crippen LogP contribution is -2.30. The van der Waals surface area contributed by atoms with E-state index in [1.165, 1.54) is 7.11 Å². The third-order valence-electron chi connectivity index (χ3n) is 2.87. The molecule has 2 rings (SSSR count). The van der Waals surface area contributed by atoms with Crippen LogP contribution in [0.15, 0.2) is 30.3 Å². The van der Waals surface area contributed by atoms with Gasteiger partial charge >= 0.3 is 0 Å². The lowest BCUT2D eigenvalue weighted by molar-refractivity contribution is 0.389. The maximum Gasteiger partial charge on any atom is 0.233 e. The van der Waals surface area contributed by atoms with Crippen LogP contribution in [0.5, 0.6) is 5.88 Å². The molecule has 7 heteroatoms. The lowest BCUT2D eigenvalue weighted by atomic mass is 10.0. The second kappa shape index (κ2) is 6.85. The van der Waals surface area contributed by atoms with Crippen molar-refractivity contribution in [2.45, 2.75) is 12.5 Å². The topological polar surface area (TPSA) is 73.1 Å². The minimum Gasteiger partial charge on any atom is -0.480 e. The van der Waals surface area contributed by atoms with E-state index in [0.29, 0.717) is 28.0 Å². The van der Waals surface area contributed by atoms with Gasteiger partial charge in [-0.05, 0) is 30.2 Å². The van der Waals surface area contributed by atoms with Crippen molar-refractivity contribution in [1.82, 2.24) is 15.6 Å². The summed E-state index contributed by atoms with van der Waals surface area (Å²) in [4.78, 5) is 0. The molecule has 1 unspecified atom stereocenters. The fourth-order valence-electron chi connectivity index (χ4n) is 1.78. The standard InChI is InChI=1S/C13H14Cl2N4O/c1-20-13-5-4-11(18-19-13)12(17-16)6-8-2-3-9(14)7-10(8)15/h2-5,7,12,17H,6,16H2,1H3. The van der Waals surface area contributed by atoms with Crippen molar-refractivity contribution in [1.29, 1.82) is 0 Å². The third-order valence-corrected chi connectivity index (χ3v) is 3.45. The molecule has 0 bridgehead atoms. The number of nitrogens with zero attached hydrogens (tertiary/aromatic N) is 2. The molecule has 2 aromatic rings.